The van der Waals surface area contributed by atoms with Crippen molar-refractivity contribution in [3.63, 3.8) is 0 Å². The number of halogens is 3. The van der Waals surface area contributed by atoms with E-state index >= 15 is 0 Å². The molecule has 1 N–H and O–H groups in total. The number of benzene rings is 1. The Balaban J connectivity index is 1.89. The van der Waals surface area contributed by atoms with Gasteiger partial charge in [-0.2, -0.15) is 0 Å². The molecule has 0 radical (unpaired) electrons. The first kappa shape index (κ1) is 13.9. The van der Waals surface area contributed by atoms with Crippen LogP contribution in [0.15, 0.2) is 12.1 Å². The molecule has 1 aromatic rings. The Labute approximate surface area is 117 Å². The van der Waals surface area contributed by atoms with Gasteiger partial charge in [0.25, 0.3) is 0 Å². The topological polar surface area (TPSA) is 12.0 Å². The molecule has 3 rings (SSSR count). The third-order valence-electron chi connectivity index (χ3n) is 4.97. The zero-order chi connectivity index (χ0) is 14.1. The maximum Gasteiger partial charge on any atom is 0.194 e. The second kappa shape index (κ2) is 5.76. The van der Waals surface area contributed by atoms with Crippen LogP contribution < -0.4 is 5.32 Å². The zero-order valence-electron chi connectivity index (χ0n) is 11.5. The van der Waals surface area contributed by atoms with Gasteiger partial charge in [-0.15, -0.1) is 0 Å². The highest BCUT2D eigenvalue weighted by atomic mass is 19.2. The molecule has 4 heteroatoms. The average molecular weight is 283 g/mol. The van der Waals surface area contributed by atoms with Gasteiger partial charge in [-0.3, -0.25) is 0 Å². The minimum absolute atomic E-state index is 0.143. The number of hydrogen-bond donors (Lipinski definition) is 1. The van der Waals surface area contributed by atoms with E-state index in [2.05, 4.69) is 5.32 Å². The lowest BCUT2D eigenvalue weighted by atomic mass is 9.73. The minimum Gasteiger partial charge on any atom is -0.316 e. The molecule has 2 fully saturated rings. The first-order chi connectivity index (χ1) is 9.66. The van der Waals surface area contributed by atoms with E-state index in [0.717, 1.165) is 19.5 Å². The molecule has 1 aliphatic carbocycles. The van der Waals surface area contributed by atoms with Crippen LogP contribution in [0.5, 0.6) is 0 Å². The van der Waals surface area contributed by atoms with Crippen LogP contribution in [-0.4, -0.2) is 13.1 Å². The van der Waals surface area contributed by atoms with Crippen molar-refractivity contribution in [3.8, 4) is 0 Å². The van der Waals surface area contributed by atoms with Gasteiger partial charge in [-0.1, -0.05) is 25.7 Å². The number of nitrogens with one attached hydrogen (secondary N) is 1. The molecule has 1 saturated carbocycles. The molecule has 1 heterocycles. The summed E-state index contributed by atoms with van der Waals surface area (Å²) in [4.78, 5) is 0. The van der Waals surface area contributed by atoms with Crippen molar-refractivity contribution in [1.29, 1.82) is 0 Å². The smallest absolute Gasteiger partial charge is 0.194 e. The molecular formula is C16H20F3N. The van der Waals surface area contributed by atoms with E-state index < -0.39 is 17.5 Å². The lowest BCUT2D eigenvalue weighted by Crippen LogP contribution is -2.38. The molecule has 110 valence electrons. The summed E-state index contributed by atoms with van der Waals surface area (Å²) in [6.45, 7) is 1.75. The van der Waals surface area contributed by atoms with E-state index in [9.17, 15) is 13.2 Å². The van der Waals surface area contributed by atoms with Crippen molar-refractivity contribution in [2.75, 3.05) is 13.1 Å². The highest BCUT2D eigenvalue weighted by Gasteiger charge is 2.34. The van der Waals surface area contributed by atoms with Crippen molar-refractivity contribution in [2.24, 2.45) is 11.8 Å². The van der Waals surface area contributed by atoms with E-state index in [1.54, 1.807) is 0 Å². The van der Waals surface area contributed by atoms with E-state index in [1.807, 2.05) is 0 Å². The largest absolute Gasteiger partial charge is 0.316 e. The summed E-state index contributed by atoms with van der Waals surface area (Å²) >= 11 is 0. The second-order valence-electron chi connectivity index (χ2n) is 6.11. The number of piperidine rings is 1. The first-order valence-corrected chi connectivity index (χ1v) is 7.52. The van der Waals surface area contributed by atoms with Gasteiger partial charge in [-0.05, 0) is 55.0 Å². The summed E-state index contributed by atoms with van der Waals surface area (Å²) < 4.78 is 40.1. The SMILES string of the molecule is Fc1cc(C2CCNCC2C2CCCC2)cc(F)c1F. The standard InChI is InChI=1S/C16H20F3N/c17-14-7-11(8-15(18)16(14)19)12-5-6-20-9-13(12)10-3-1-2-4-10/h7-8,10,12-13,20H,1-6,9H2. The quantitative estimate of drug-likeness (QED) is 0.809. The minimum atomic E-state index is -1.36. The van der Waals surface area contributed by atoms with Crippen LogP contribution in [-0.2, 0) is 0 Å². The average Bonchev–Trinajstić information content (AvgIpc) is 2.98. The van der Waals surface area contributed by atoms with E-state index in [1.165, 1.54) is 37.8 Å². The van der Waals surface area contributed by atoms with Gasteiger partial charge in [0.1, 0.15) is 0 Å². The molecule has 2 atom stereocenters. The van der Waals surface area contributed by atoms with Crippen LogP contribution in [0.3, 0.4) is 0 Å². The molecule has 0 spiro atoms. The molecule has 1 aromatic carbocycles. The predicted octanol–water partition coefficient (Wildman–Crippen LogP) is 3.99. The Morgan fingerprint density at radius 1 is 0.950 bits per heavy atom. The molecule has 0 aromatic heterocycles. The molecule has 1 aliphatic heterocycles. The monoisotopic (exact) mass is 283 g/mol. The zero-order valence-corrected chi connectivity index (χ0v) is 11.5. The number of rotatable bonds is 2. The van der Waals surface area contributed by atoms with Crippen LogP contribution in [0.25, 0.3) is 0 Å². The summed E-state index contributed by atoms with van der Waals surface area (Å²) in [6.07, 6.45) is 5.77. The molecule has 2 unspecified atom stereocenters. The fourth-order valence-electron chi connectivity index (χ4n) is 3.97. The Kier molecular flexibility index (Phi) is 4.01. The Bertz CT molecular complexity index is 460. The van der Waals surface area contributed by atoms with Gasteiger partial charge in [0.15, 0.2) is 17.5 Å². The third kappa shape index (κ3) is 2.58. The van der Waals surface area contributed by atoms with Crippen molar-refractivity contribution < 1.29 is 13.2 Å². The van der Waals surface area contributed by atoms with Gasteiger partial charge in [0.2, 0.25) is 0 Å². The van der Waals surface area contributed by atoms with Crippen molar-refractivity contribution in [3.05, 3.63) is 35.1 Å². The fourth-order valence-corrected chi connectivity index (χ4v) is 3.97. The van der Waals surface area contributed by atoms with Crippen LogP contribution in [0.1, 0.15) is 43.6 Å². The third-order valence-corrected chi connectivity index (χ3v) is 4.97. The van der Waals surface area contributed by atoms with Gasteiger partial charge in [0, 0.05) is 0 Å². The Morgan fingerprint density at radius 3 is 2.25 bits per heavy atom. The Morgan fingerprint density at radius 2 is 1.60 bits per heavy atom. The van der Waals surface area contributed by atoms with Gasteiger partial charge >= 0.3 is 0 Å². The summed E-state index contributed by atoms with van der Waals surface area (Å²) in [5.41, 5.74) is 0.625. The normalized spacial score (nSPS) is 27.9. The summed E-state index contributed by atoms with van der Waals surface area (Å²) in [5.74, 6) is -2.31. The van der Waals surface area contributed by atoms with Crippen molar-refractivity contribution in [1.82, 2.24) is 5.32 Å². The summed E-state index contributed by atoms with van der Waals surface area (Å²) in [6, 6.07) is 2.38. The maximum atomic E-state index is 13.5. The van der Waals surface area contributed by atoms with E-state index in [0.29, 0.717) is 17.4 Å². The van der Waals surface area contributed by atoms with Crippen molar-refractivity contribution in [2.45, 2.75) is 38.0 Å². The van der Waals surface area contributed by atoms with Crippen LogP contribution in [0, 0.1) is 29.3 Å². The van der Waals surface area contributed by atoms with Crippen LogP contribution in [0.4, 0.5) is 13.2 Å². The highest BCUT2D eigenvalue weighted by molar-refractivity contribution is 5.25. The molecule has 1 nitrogen and oxygen atoms in total. The van der Waals surface area contributed by atoms with Crippen LogP contribution >= 0.6 is 0 Å². The summed E-state index contributed by atoms with van der Waals surface area (Å²) in [7, 11) is 0. The van der Waals surface area contributed by atoms with Gasteiger partial charge in [0.05, 0.1) is 0 Å². The molecule has 20 heavy (non-hydrogen) atoms. The van der Waals surface area contributed by atoms with Crippen molar-refractivity contribution >= 4 is 0 Å². The highest BCUT2D eigenvalue weighted by Crippen LogP contribution is 2.42. The maximum absolute atomic E-state index is 13.5. The molecule has 1 saturated heterocycles. The fraction of sp³-hybridized carbons (Fsp3) is 0.625. The number of hydrogen-bond acceptors (Lipinski definition) is 1. The molecule has 2 aliphatic rings. The lowest BCUT2D eigenvalue weighted by Gasteiger charge is -2.36. The first-order valence-electron chi connectivity index (χ1n) is 7.52. The molecule has 0 amide bonds. The summed E-state index contributed by atoms with van der Waals surface area (Å²) in [5, 5.41) is 3.39. The Hall–Kier alpha value is -1.03. The van der Waals surface area contributed by atoms with Crippen LogP contribution in [0.2, 0.25) is 0 Å². The van der Waals surface area contributed by atoms with Gasteiger partial charge < -0.3 is 5.32 Å². The molecule has 0 bridgehead atoms. The molecular weight excluding hydrogens is 263 g/mol. The van der Waals surface area contributed by atoms with E-state index in [-0.39, 0.29) is 5.92 Å². The van der Waals surface area contributed by atoms with E-state index in [4.69, 9.17) is 0 Å². The predicted molar refractivity (Wildman–Crippen MR) is 72.0 cm³/mol. The van der Waals surface area contributed by atoms with Gasteiger partial charge in [-0.25, -0.2) is 13.2 Å². The lowest BCUT2D eigenvalue weighted by molar-refractivity contribution is 0.230. The second-order valence-corrected chi connectivity index (χ2v) is 6.11.